The van der Waals surface area contributed by atoms with Gasteiger partial charge in [-0.05, 0) is 42.0 Å². The van der Waals surface area contributed by atoms with Gasteiger partial charge in [0, 0.05) is 17.8 Å². The van der Waals surface area contributed by atoms with Crippen molar-refractivity contribution in [3.05, 3.63) is 59.9 Å². The van der Waals surface area contributed by atoms with Gasteiger partial charge in [0.05, 0.1) is 13.0 Å². The Labute approximate surface area is 150 Å². The third kappa shape index (κ3) is 6.35. The van der Waals surface area contributed by atoms with E-state index in [2.05, 4.69) is 16.0 Å². The summed E-state index contributed by atoms with van der Waals surface area (Å²) < 4.78 is 13.1. The summed E-state index contributed by atoms with van der Waals surface area (Å²) >= 11 is 0. The second kappa shape index (κ2) is 9.31. The first kappa shape index (κ1) is 19.1. The van der Waals surface area contributed by atoms with E-state index in [0.717, 1.165) is 0 Å². The molecule has 3 amide bonds. The molecule has 0 aromatic heterocycles. The molecule has 0 bridgehead atoms. The van der Waals surface area contributed by atoms with Crippen LogP contribution in [0.4, 0.5) is 15.8 Å². The van der Waals surface area contributed by atoms with Crippen molar-refractivity contribution in [2.75, 3.05) is 17.2 Å². The topological polar surface area (TPSA) is 87.3 Å². The standard InChI is InChI=1S/C19H20FN3O3/c1-2-17(24)22-15-6-8-16(9-7-15)23-19(26)12-21-18(25)11-13-4-3-5-14(20)10-13/h3-10H,2,11-12H2,1H3,(H,21,25)(H,22,24)(H,23,26). The van der Waals surface area contributed by atoms with Crippen LogP contribution in [0.25, 0.3) is 0 Å². The van der Waals surface area contributed by atoms with Gasteiger partial charge in [-0.1, -0.05) is 19.1 Å². The predicted molar refractivity (Wildman–Crippen MR) is 97.1 cm³/mol. The van der Waals surface area contributed by atoms with Crippen LogP contribution in [-0.2, 0) is 20.8 Å². The molecule has 0 spiro atoms. The van der Waals surface area contributed by atoms with Gasteiger partial charge in [-0.2, -0.15) is 0 Å². The van der Waals surface area contributed by atoms with Crippen LogP contribution in [0.3, 0.4) is 0 Å². The molecular formula is C19H20FN3O3. The van der Waals surface area contributed by atoms with E-state index in [1.165, 1.54) is 18.2 Å². The maximum absolute atomic E-state index is 13.1. The molecule has 2 aromatic rings. The lowest BCUT2D eigenvalue weighted by molar-refractivity contribution is -0.123. The Morgan fingerprint density at radius 2 is 1.50 bits per heavy atom. The Morgan fingerprint density at radius 3 is 2.08 bits per heavy atom. The third-order valence-corrected chi connectivity index (χ3v) is 3.47. The number of carbonyl (C=O) groups is 3. The minimum atomic E-state index is -0.411. The fourth-order valence-corrected chi connectivity index (χ4v) is 2.17. The van der Waals surface area contributed by atoms with Gasteiger partial charge in [0.2, 0.25) is 17.7 Å². The zero-order valence-corrected chi connectivity index (χ0v) is 14.3. The van der Waals surface area contributed by atoms with Gasteiger partial charge in [0.15, 0.2) is 0 Å². The van der Waals surface area contributed by atoms with Gasteiger partial charge in [0.1, 0.15) is 5.82 Å². The maximum atomic E-state index is 13.1. The van der Waals surface area contributed by atoms with Crippen molar-refractivity contribution < 1.29 is 18.8 Å². The van der Waals surface area contributed by atoms with E-state index < -0.39 is 5.82 Å². The molecule has 0 aliphatic carbocycles. The minimum absolute atomic E-state index is 0.00311. The highest BCUT2D eigenvalue weighted by molar-refractivity contribution is 5.95. The molecule has 0 unspecified atom stereocenters. The normalized spacial score (nSPS) is 10.1. The Kier molecular flexibility index (Phi) is 6.84. The number of rotatable bonds is 7. The van der Waals surface area contributed by atoms with E-state index in [0.29, 0.717) is 23.4 Å². The van der Waals surface area contributed by atoms with Gasteiger partial charge in [0.25, 0.3) is 0 Å². The largest absolute Gasteiger partial charge is 0.347 e. The van der Waals surface area contributed by atoms with Crippen LogP contribution in [0, 0.1) is 5.82 Å². The number of hydrogen-bond donors (Lipinski definition) is 3. The third-order valence-electron chi connectivity index (χ3n) is 3.47. The van der Waals surface area contributed by atoms with Crippen molar-refractivity contribution in [1.82, 2.24) is 5.32 Å². The van der Waals surface area contributed by atoms with E-state index in [1.54, 1.807) is 37.3 Å². The Bertz CT molecular complexity index is 791. The van der Waals surface area contributed by atoms with Crippen LogP contribution in [0.2, 0.25) is 0 Å². The first-order valence-corrected chi connectivity index (χ1v) is 8.17. The van der Waals surface area contributed by atoms with Crippen LogP contribution in [0.15, 0.2) is 48.5 Å². The molecule has 0 aliphatic heterocycles. The van der Waals surface area contributed by atoms with Gasteiger partial charge in [-0.15, -0.1) is 0 Å². The van der Waals surface area contributed by atoms with Crippen molar-refractivity contribution >= 4 is 29.1 Å². The molecule has 7 heteroatoms. The maximum Gasteiger partial charge on any atom is 0.243 e. The summed E-state index contributed by atoms with van der Waals surface area (Å²) in [5.41, 5.74) is 1.72. The molecule has 136 valence electrons. The smallest absolute Gasteiger partial charge is 0.243 e. The molecule has 2 aromatic carbocycles. The molecule has 26 heavy (non-hydrogen) atoms. The van der Waals surface area contributed by atoms with Gasteiger partial charge < -0.3 is 16.0 Å². The number of hydrogen-bond acceptors (Lipinski definition) is 3. The summed E-state index contributed by atoms with van der Waals surface area (Å²) in [4.78, 5) is 35.0. The lowest BCUT2D eigenvalue weighted by Crippen LogP contribution is -2.33. The first-order chi connectivity index (χ1) is 12.5. The summed E-state index contributed by atoms with van der Waals surface area (Å²) in [6.07, 6.45) is 0.380. The minimum Gasteiger partial charge on any atom is -0.347 e. The second-order valence-corrected chi connectivity index (χ2v) is 5.61. The molecule has 3 N–H and O–H groups in total. The van der Waals surface area contributed by atoms with Crippen LogP contribution in [0.1, 0.15) is 18.9 Å². The van der Waals surface area contributed by atoms with Crippen molar-refractivity contribution in [3.63, 3.8) is 0 Å². The van der Waals surface area contributed by atoms with E-state index in [4.69, 9.17) is 0 Å². The molecular weight excluding hydrogens is 337 g/mol. The quantitative estimate of drug-likeness (QED) is 0.711. The zero-order chi connectivity index (χ0) is 18.9. The average molecular weight is 357 g/mol. The Morgan fingerprint density at radius 1 is 0.885 bits per heavy atom. The molecule has 0 saturated carbocycles. The molecule has 0 fully saturated rings. The lowest BCUT2D eigenvalue weighted by Gasteiger charge is -2.08. The highest BCUT2D eigenvalue weighted by Gasteiger charge is 2.08. The fourth-order valence-electron chi connectivity index (χ4n) is 2.17. The first-order valence-electron chi connectivity index (χ1n) is 8.17. The SMILES string of the molecule is CCC(=O)Nc1ccc(NC(=O)CNC(=O)Cc2cccc(F)c2)cc1. The van der Waals surface area contributed by atoms with Gasteiger partial charge in [-0.25, -0.2) is 4.39 Å². The van der Waals surface area contributed by atoms with E-state index in [9.17, 15) is 18.8 Å². The van der Waals surface area contributed by atoms with E-state index in [-0.39, 0.29) is 30.7 Å². The van der Waals surface area contributed by atoms with Crippen molar-refractivity contribution in [2.24, 2.45) is 0 Å². The molecule has 0 heterocycles. The highest BCUT2D eigenvalue weighted by atomic mass is 19.1. The van der Waals surface area contributed by atoms with E-state index >= 15 is 0 Å². The molecule has 2 rings (SSSR count). The summed E-state index contributed by atoms with van der Waals surface area (Å²) in [6.45, 7) is 1.56. The van der Waals surface area contributed by atoms with Gasteiger partial charge >= 0.3 is 0 Å². The Balaban J connectivity index is 1.77. The van der Waals surface area contributed by atoms with Crippen LogP contribution >= 0.6 is 0 Å². The predicted octanol–water partition coefficient (Wildman–Crippen LogP) is 2.47. The van der Waals surface area contributed by atoms with Crippen LogP contribution in [-0.4, -0.2) is 24.3 Å². The van der Waals surface area contributed by atoms with Crippen LogP contribution in [0.5, 0.6) is 0 Å². The number of anilines is 2. The lowest BCUT2D eigenvalue weighted by atomic mass is 10.1. The van der Waals surface area contributed by atoms with Crippen molar-refractivity contribution in [2.45, 2.75) is 19.8 Å². The molecule has 6 nitrogen and oxygen atoms in total. The summed E-state index contributed by atoms with van der Waals surface area (Å²) in [7, 11) is 0. The summed E-state index contributed by atoms with van der Waals surface area (Å²) in [6, 6.07) is 12.4. The van der Waals surface area contributed by atoms with Crippen molar-refractivity contribution in [1.29, 1.82) is 0 Å². The molecule has 0 aliphatic rings. The molecule has 0 radical (unpaired) electrons. The number of nitrogens with one attached hydrogen (secondary N) is 3. The summed E-state index contributed by atoms with van der Waals surface area (Å²) in [5.74, 6) is -1.26. The fraction of sp³-hybridized carbons (Fsp3) is 0.211. The molecule has 0 atom stereocenters. The number of amides is 3. The zero-order valence-electron chi connectivity index (χ0n) is 14.3. The van der Waals surface area contributed by atoms with E-state index in [1.807, 2.05) is 0 Å². The van der Waals surface area contributed by atoms with Gasteiger partial charge in [-0.3, -0.25) is 14.4 Å². The highest BCUT2D eigenvalue weighted by Crippen LogP contribution is 2.13. The second-order valence-electron chi connectivity index (χ2n) is 5.61. The molecule has 0 saturated heterocycles. The van der Waals surface area contributed by atoms with Crippen LogP contribution < -0.4 is 16.0 Å². The number of carbonyl (C=O) groups excluding carboxylic acids is 3. The van der Waals surface area contributed by atoms with Crippen molar-refractivity contribution in [3.8, 4) is 0 Å². The summed E-state index contributed by atoms with van der Waals surface area (Å²) in [5, 5.41) is 7.83. The monoisotopic (exact) mass is 357 g/mol. The average Bonchev–Trinajstić information content (AvgIpc) is 2.61. The number of halogens is 1. The Hall–Kier alpha value is -3.22. The number of benzene rings is 2.